The van der Waals surface area contributed by atoms with Gasteiger partial charge in [0, 0.05) is 12.1 Å². The topological polar surface area (TPSA) is 74.1 Å². The zero-order valence-electron chi connectivity index (χ0n) is 11.3. The summed E-state index contributed by atoms with van der Waals surface area (Å²) in [5.41, 5.74) is 0.902. The molecule has 0 aliphatic carbocycles. The Morgan fingerprint density at radius 1 is 1.50 bits per heavy atom. The van der Waals surface area contributed by atoms with E-state index in [1.165, 1.54) is 7.11 Å². The van der Waals surface area contributed by atoms with Crippen LogP contribution in [0.4, 0.5) is 5.69 Å². The lowest BCUT2D eigenvalue weighted by atomic mass is 9.88. The second-order valence-corrected chi connectivity index (χ2v) is 5.37. The first-order valence-electron chi connectivity index (χ1n) is 6.87. The van der Waals surface area contributed by atoms with Gasteiger partial charge in [0.05, 0.1) is 18.6 Å². The Hall–Kier alpha value is -2.06. The summed E-state index contributed by atoms with van der Waals surface area (Å²) >= 11 is 0. The number of hydrogen-bond acceptors (Lipinski definition) is 4. The van der Waals surface area contributed by atoms with Crippen LogP contribution in [0.1, 0.15) is 24.8 Å². The first-order chi connectivity index (χ1) is 9.72. The van der Waals surface area contributed by atoms with E-state index in [-0.39, 0.29) is 17.9 Å². The van der Waals surface area contributed by atoms with E-state index in [9.17, 15) is 4.79 Å². The fourth-order valence-electron chi connectivity index (χ4n) is 3.25. The molecule has 3 atom stereocenters. The molecule has 0 spiro atoms. The highest BCUT2D eigenvalue weighted by molar-refractivity contribution is 5.96. The molecule has 0 aromatic heterocycles. The van der Waals surface area contributed by atoms with Crippen LogP contribution in [0.25, 0.3) is 0 Å². The van der Waals surface area contributed by atoms with Crippen LogP contribution in [-0.2, 0) is 4.79 Å². The highest BCUT2D eigenvalue weighted by Crippen LogP contribution is 2.35. The molecule has 2 fully saturated rings. The molecule has 0 radical (unpaired) electrons. The van der Waals surface area contributed by atoms with Crippen molar-refractivity contribution >= 4 is 11.6 Å². The summed E-state index contributed by atoms with van der Waals surface area (Å²) < 4.78 is 5.23. The number of amides is 1. The summed E-state index contributed by atoms with van der Waals surface area (Å²) in [6.07, 6.45) is 3.10. The van der Waals surface area contributed by atoms with E-state index >= 15 is 0 Å². The fourth-order valence-corrected chi connectivity index (χ4v) is 3.25. The molecule has 5 nitrogen and oxygen atoms in total. The molecular weight excluding hydrogens is 254 g/mol. The predicted octanol–water partition coefficient (Wildman–Crippen LogP) is 1.65. The Morgan fingerprint density at radius 2 is 2.35 bits per heavy atom. The maximum absolute atomic E-state index is 12.4. The van der Waals surface area contributed by atoms with E-state index in [0.29, 0.717) is 23.0 Å². The van der Waals surface area contributed by atoms with Gasteiger partial charge in [0.15, 0.2) is 0 Å². The minimum absolute atomic E-state index is 0.00907. The van der Waals surface area contributed by atoms with Gasteiger partial charge in [0.2, 0.25) is 5.91 Å². The second kappa shape index (κ2) is 5.14. The van der Waals surface area contributed by atoms with E-state index < -0.39 is 0 Å². The fraction of sp³-hybridized carbons (Fsp3) is 0.467. The summed E-state index contributed by atoms with van der Waals surface area (Å²) in [4.78, 5) is 12.4. The molecule has 0 saturated carbocycles. The van der Waals surface area contributed by atoms with Crippen molar-refractivity contribution in [1.29, 1.82) is 5.26 Å². The molecule has 104 valence electrons. The standard InChI is InChI=1S/C15H17N3O2/c1-20-13-4-2-3-9(8-16)14(13)18-15(19)11-7-10-5-6-12(11)17-10/h2-4,10-12,17H,5-7H2,1H3,(H,18,19). The maximum Gasteiger partial charge on any atom is 0.229 e. The monoisotopic (exact) mass is 271 g/mol. The van der Waals surface area contributed by atoms with Gasteiger partial charge in [-0.1, -0.05) is 6.07 Å². The summed E-state index contributed by atoms with van der Waals surface area (Å²) in [5.74, 6) is 0.490. The number of fused-ring (bicyclic) bond motifs is 2. The van der Waals surface area contributed by atoms with Crippen LogP contribution in [0.2, 0.25) is 0 Å². The van der Waals surface area contributed by atoms with E-state index in [0.717, 1.165) is 19.3 Å². The molecule has 2 aliphatic heterocycles. The Labute approximate surface area is 117 Å². The number of nitriles is 1. The minimum Gasteiger partial charge on any atom is -0.495 e. The van der Waals surface area contributed by atoms with Crippen LogP contribution >= 0.6 is 0 Å². The van der Waals surface area contributed by atoms with Crippen LogP contribution < -0.4 is 15.4 Å². The average molecular weight is 271 g/mol. The molecule has 1 amide bonds. The summed E-state index contributed by atoms with van der Waals surface area (Å²) in [6.45, 7) is 0. The zero-order valence-corrected chi connectivity index (χ0v) is 11.3. The number of nitrogens with zero attached hydrogens (tertiary/aromatic N) is 1. The lowest BCUT2D eigenvalue weighted by molar-refractivity contribution is -0.120. The van der Waals surface area contributed by atoms with E-state index in [2.05, 4.69) is 16.7 Å². The van der Waals surface area contributed by atoms with Gasteiger partial charge in [-0.15, -0.1) is 0 Å². The molecule has 5 heteroatoms. The largest absolute Gasteiger partial charge is 0.495 e. The third-order valence-electron chi connectivity index (χ3n) is 4.25. The molecule has 20 heavy (non-hydrogen) atoms. The van der Waals surface area contributed by atoms with E-state index in [1.807, 2.05) is 0 Å². The smallest absolute Gasteiger partial charge is 0.229 e. The van der Waals surface area contributed by atoms with Crippen LogP contribution in [-0.4, -0.2) is 25.1 Å². The van der Waals surface area contributed by atoms with Crippen molar-refractivity contribution in [2.24, 2.45) is 5.92 Å². The van der Waals surface area contributed by atoms with E-state index in [1.54, 1.807) is 18.2 Å². The molecule has 2 heterocycles. The number of ether oxygens (including phenoxy) is 1. The Bertz CT molecular complexity index is 579. The van der Waals surface area contributed by atoms with Crippen molar-refractivity contribution in [3.8, 4) is 11.8 Å². The van der Waals surface area contributed by atoms with Crippen LogP contribution in [0, 0.1) is 17.2 Å². The van der Waals surface area contributed by atoms with Crippen molar-refractivity contribution < 1.29 is 9.53 Å². The normalized spacial score (nSPS) is 27.1. The third kappa shape index (κ3) is 2.12. The summed E-state index contributed by atoms with van der Waals surface area (Å²) in [6, 6.07) is 8.01. The molecule has 2 aliphatic rings. The highest BCUT2D eigenvalue weighted by Gasteiger charge is 2.42. The molecule has 3 rings (SSSR count). The Morgan fingerprint density at radius 3 is 2.95 bits per heavy atom. The van der Waals surface area contributed by atoms with Gasteiger partial charge < -0.3 is 15.4 Å². The van der Waals surface area contributed by atoms with Gasteiger partial charge in [-0.3, -0.25) is 4.79 Å². The lowest BCUT2D eigenvalue weighted by Gasteiger charge is -2.20. The molecule has 2 saturated heterocycles. The number of benzene rings is 1. The second-order valence-electron chi connectivity index (χ2n) is 5.37. The number of carbonyl (C=O) groups excluding carboxylic acids is 1. The van der Waals surface area contributed by atoms with Gasteiger partial charge in [0.1, 0.15) is 17.5 Å². The van der Waals surface area contributed by atoms with Gasteiger partial charge >= 0.3 is 0 Å². The highest BCUT2D eigenvalue weighted by atomic mass is 16.5. The molecule has 3 unspecified atom stereocenters. The molecule has 1 aromatic rings. The number of rotatable bonds is 3. The number of carbonyl (C=O) groups is 1. The van der Waals surface area contributed by atoms with Crippen LogP contribution in [0.3, 0.4) is 0 Å². The van der Waals surface area contributed by atoms with Gasteiger partial charge in [0.25, 0.3) is 0 Å². The van der Waals surface area contributed by atoms with Gasteiger partial charge in [-0.05, 0) is 31.4 Å². The quantitative estimate of drug-likeness (QED) is 0.876. The van der Waals surface area contributed by atoms with Crippen molar-refractivity contribution in [3.05, 3.63) is 23.8 Å². The van der Waals surface area contributed by atoms with Crippen LogP contribution in [0.15, 0.2) is 18.2 Å². The molecule has 2 bridgehead atoms. The van der Waals surface area contributed by atoms with E-state index in [4.69, 9.17) is 10.00 Å². The number of nitrogens with one attached hydrogen (secondary N) is 2. The molecule has 2 N–H and O–H groups in total. The molecular formula is C15H17N3O2. The van der Waals surface area contributed by atoms with Crippen molar-refractivity contribution in [1.82, 2.24) is 5.32 Å². The Balaban J connectivity index is 1.81. The zero-order chi connectivity index (χ0) is 14.1. The van der Waals surface area contributed by atoms with Crippen molar-refractivity contribution in [3.63, 3.8) is 0 Å². The number of hydrogen-bond donors (Lipinski definition) is 2. The van der Waals surface area contributed by atoms with Gasteiger partial charge in [-0.25, -0.2) is 0 Å². The number of methoxy groups -OCH3 is 1. The average Bonchev–Trinajstić information content (AvgIpc) is 3.10. The first kappa shape index (κ1) is 12.9. The van der Waals surface area contributed by atoms with Crippen LogP contribution in [0.5, 0.6) is 5.75 Å². The maximum atomic E-state index is 12.4. The summed E-state index contributed by atoms with van der Waals surface area (Å²) in [5, 5.41) is 15.5. The Kier molecular flexibility index (Phi) is 3.33. The van der Waals surface area contributed by atoms with Crippen molar-refractivity contribution in [2.45, 2.75) is 31.3 Å². The minimum atomic E-state index is -0.0225. The third-order valence-corrected chi connectivity index (χ3v) is 4.25. The SMILES string of the molecule is COc1cccc(C#N)c1NC(=O)C1CC2CCC1N2. The predicted molar refractivity (Wildman–Crippen MR) is 74.4 cm³/mol. The van der Waals surface area contributed by atoms with Crippen molar-refractivity contribution in [2.75, 3.05) is 12.4 Å². The number of anilines is 1. The first-order valence-corrected chi connectivity index (χ1v) is 6.87. The van der Waals surface area contributed by atoms with Gasteiger partial charge in [-0.2, -0.15) is 5.26 Å². The number of para-hydroxylation sites is 1. The molecule has 1 aromatic carbocycles. The lowest BCUT2D eigenvalue weighted by Crippen LogP contribution is -2.33. The summed E-state index contributed by atoms with van der Waals surface area (Å²) in [7, 11) is 1.53.